The molecule has 0 N–H and O–H groups in total. The molecule has 0 amide bonds. The molecular formula is C12H13N. The molecule has 66 valence electrons. The van der Waals surface area contributed by atoms with Crippen molar-refractivity contribution in [3.8, 4) is 0 Å². The van der Waals surface area contributed by atoms with Crippen molar-refractivity contribution in [3.63, 3.8) is 0 Å². The third kappa shape index (κ3) is 0.873. The molecule has 1 aliphatic heterocycles. The minimum absolute atomic E-state index is 0.724. The number of para-hydroxylation sites is 1. The van der Waals surface area contributed by atoms with Crippen LogP contribution in [0.2, 0.25) is 0 Å². The van der Waals surface area contributed by atoms with E-state index in [0.29, 0.717) is 0 Å². The van der Waals surface area contributed by atoms with Crippen molar-refractivity contribution in [2.75, 3.05) is 11.4 Å². The minimum Gasteiger partial charge on any atom is -0.363 e. The zero-order valence-corrected chi connectivity index (χ0v) is 7.77. The molecule has 0 radical (unpaired) electrons. The first-order valence-corrected chi connectivity index (χ1v) is 4.86. The number of rotatable bonds is 1. The standard InChI is InChI=1S/C12H13N/c1-9-7-10-8-13(12(9)10)11-5-3-2-4-6-11/h2-7,10,12H,8H2,1H3. The summed E-state index contributed by atoms with van der Waals surface area (Å²) in [6.45, 7) is 3.45. The molecular weight excluding hydrogens is 158 g/mol. The van der Waals surface area contributed by atoms with E-state index in [1.165, 1.54) is 12.2 Å². The molecule has 1 saturated heterocycles. The van der Waals surface area contributed by atoms with E-state index in [2.05, 4.69) is 48.2 Å². The first-order chi connectivity index (χ1) is 6.36. The predicted octanol–water partition coefficient (Wildman–Crippen LogP) is 2.45. The number of hydrogen-bond acceptors (Lipinski definition) is 1. The van der Waals surface area contributed by atoms with Crippen LogP contribution in [0.4, 0.5) is 5.69 Å². The lowest BCUT2D eigenvalue weighted by atomic mass is 9.73. The van der Waals surface area contributed by atoms with E-state index in [4.69, 9.17) is 0 Å². The van der Waals surface area contributed by atoms with Crippen LogP contribution in [0.1, 0.15) is 6.92 Å². The van der Waals surface area contributed by atoms with Gasteiger partial charge in [0.1, 0.15) is 0 Å². The fourth-order valence-electron chi connectivity index (χ4n) is 2.46. The maximum atomic E-state index is 2.49. The summed E-state index contributed by atoms with van der Waals surface area (Å²) in [5.74, 6) is 0.847. The van der Waals surface area contributed by atoms with Crippen molar-refractivity contribution >= 4 is 5.69 Å². The van der Waals surface area contributed by atoms with Crippen molar-refractivity contribution in [2.45, 2.75) is 13.0 Å². The summed E-state index contributed by atoms with van der Waals surface area (Å²) in [4.78, 5) is 2.49. The topological polar surface area (TPSA) is 3.24 Å². The van der Waals surface area contributed by atoms with Crippen LogP contribution in [-0.2, 0) is 0 Å². The molecule has 0 spiro atoms. The van der Waals surface area contributed by atoms with Crippen molar-refractivity contribution in [1.82, 2.24) is 0 Å². The summed E-state index contributed by atoms with van der Waals surface area (Å²) in [6.07, 6.45) is 2.39. The molecule has 0 aromatic heterocycles. The van der Waals surface area contributed by atoms with Crippen LogP contribution in [0.5, 0.6) is 0 Å². The zero-order valence-electron chi connectivity index (χ0n) is 7.77. The Balaban J connectivity index is 1.87. The molecule has 2 atom stereocenters. The molecule has 1 heterocycles. The van der Waals surface area contributed by atoms with Crippen molar-refractivity contribution in [3.05, 3.63) is 42.0 Å². The molecule has 1 heteroatoms. The Hall–Kier alpha value is -1.24. The van der Waals surface area contributed by atoms with Gasteiger partial charge >= 0.3 is 0 Å². The van der Waals surface area contributed by atoms with Gasteiger partial charge in [0.15, 0.2) is 0 Å². The molecule has 3 rings (SSSR count). The van der Waals surface area contributed by atoms with Gasteiger partial charge in [0.2, 0.25) is 0 Å². The summed E-state index contributed by atoms with van der Waals surface area (Å²) < 4.78 is 0. The summed E-state index contributed by atoms with van der Waals surface area (Å²) in [6, 6.07) is 11.4. The third-order valence-corrected chi connectivity index (χ3v) is 3.18. The number of anilines is 1. The molecule has 0 saturated carbocycles. The summed E-state index contributed by atoms with van der Waals surface area (Å²) in [7, 11) is 0. The predicted molar refractivity (Wildman–Crippen MR) is 54.8 cm³/mol. The van der Waals surface area contributed by atoms with E-state index in [1.54, 1.807) is 5.57 Å². The third-order valence-electron chi connectivity index (χ3n) is 3.18. The van der Waals surface area contributed by atoms with Gasteiger partial charge in [-0.05, 0) is 19.1 Å². The van der Waals surface area contributed by atoms with Crippen LogP contribution >= 0.6 is 0 Å². The molecule has 1 aliphatic carbocycles. The summed E-state index contributed by atoms with van der Waals surface area (Å²) >= 11 is 0. The quantitative estimate of drug-likeness (QED) is 0.587. The maximum Gasteiger partial charge on any atom is 0.0579 e. The summed E-state index contributed by atoms with van der Waals surface area (Å²) in [5, 5.41) is 0. The van der Waals surface area contributed by atoms with Crippen molar-refractivity contribution in [2.24, 2.45) is 5.92 Å². The smallest absolute Gasteiger partial charge is 0.0579 e. The zero-order chi connectivity index (χ0) is 8.84. The number of hydrogen-bond donors (Lipinski definition) is 0. The van der Waals surface area contributed by atoms with Gasteiger partial charge in [0, 0.05) is 18.2 Å². The van der Waals surface area contributed by atoms with Crippen LogP contribution in [0.25, 0.3) is 0 Å². The fraction of sp³-hybridized carbons (Fsp3) is 0.333. The average molecular weight is 171 g/mol. The Bertz CT molecular complexity index is 353. The first kappa shape index (κ1) is 7.19. The molecule has 13 heavy (non-hydrogen) atoms. The molecule has 1 fully saturated rings. The van der Waals surface area contributed by atoms with E-state index < -0.39 is 0 Å². The Morgan fingerprint density at radius 2 is 2.00 bits per heavy atom. The normalized spacial score (nSPS) is 29.9. The highest BCUT2D eigenvalue weighted by molar-refractivity contribution is 5.57. The van der Waals surface area contributed by atoms with Gasteiger partial charge in [-0.2, -0.15) is 0 Å². The van der Waals surface area contributed by atoms with Gasteiger partial charge in [-0.25, -0.2) is 0 Å². The maximum absolute atomic E-state index is 2.49. The minimum atomic E-state index is 0.724. The first-order valence-electron chi connectivity index (χ1n) is 4.86. The number of benzene rings is 1. The Labute approximate surface area is 78.7 Å². The van der Waals surface area contributed by atoms with E-state index >= 15 is 0 Å². The van der Waals surface area contributed by atoms with Gasteiger partial charge < -0.3 is 4.90 Å². The lowest BCUT2D eigenvalue weighted by Crippen LogP contribution is -2.61. The lowest BCUT2D eigenvalue weighted by Gasteiger charge is -2.55. The highest BCUT2D eigenvalue weighted by Gasteiger charge is 2.44. The highest BCUT2D eigenvalue weighted by atomic mass is 15.2. The molecule has 0 bridgehead atoms. The van der Waals surface area contributed by atoms with Crippen molar-refractivity contribution < 1.29 is 0 Å². The highest BCUT2D eigenvalue weighted by Crippen LogP contribution is 2.42. The van der Waals surface area contributed by atoms with Gasteiger partial charge in [0.25, 0.3) is 0 Å². The Morgan fingerprint density at radius 1 is 1.23 bits per heavy atom. The fourth-order valence-corrected chi connectivity index (χ4v) is 2.46. The Morgan fingerprint density at radius 3 is 2.62 bits per heavy atom. The molecule has 2 unspecified atom stereocenters. The molecule has 1 aromatic carbocycles. The van der Waals surface area contributed by atoms with E-state index in [-0.39, 0.29) is 0 Å². The second kappa shape index (κ2) is 2.38. The largest absolute Gasteiger partial charge is 0.363 e. The number of fused-ring (bicyclic) bond motifs is 1. The van der Waals surface area contributed by atoms with Crippen LogP contribution in [-0.4, -0.2) is 12.6 Å². The van der Waals surface area contributed by atoms with E-state index in [9.17, 15) is 0 Å². The van der Waals surface area contributed by atoms with Gasteiger partial charge in [0.05, 0.1) is 6.04 Å². The molecule has 1 nitrogen and oxygen atoms in total. The van der Waals surface area contributed by atoms with E-state index in [1.807, 2.05) is 0 Å². The SMILES string of the molecule is CC1=CC2CN(c3ccccc3)C12. The van der Waals surface area contributed by atoms with Gasteiger partial charge in [-0.15, -0.1) is 0 Å². The average Bonchev–Trinajstić information content (AvgIpc) is 2.14. The molecule has 2 aliphatic rings. The monoisotopic (exact) mass is 171 g/mol. The van der Waals surface area contributed by atoms with Gasteiger partial charge in [-0.3, -0.25) is 0 Å². The van der Waals surface area contributed by atoms with Crippen molar-refractivity contribution in [1.29, 1.82) is 0 Å². The molecule has 1 aromatic rings. The van der Waals surface area contributed by atoms with Crippen LogP contribution in [0, 0.1) is 5.92 Å². The van der Waals surface area contributed by atoms with Crippen LogP contribution in [0.15, 0.2) is 42.0 Å². The Kier molecular flexibility index (Phi) is 1.32. The van der Waals surface area contributed by atoms with Crippen LogP contribution in [0.3, 0.4) is 0 Å². The number of nitrogens with zero attached hydrogens (tertiary/aromatic N) is 1. The van der Waals surface area contributed by atoms with E-state index in [0.717, 1.165) is 12.0 Å². The second-order valence-electron chi connectivity index (χ2n) is 4.01. The van der Waals surface area contributed by atoms with Crippen LogP contribution < -0.4 is 4.90 Å². The lowest BCUT2D eigenvalue weighted by molar-refractivity contribution is 0.348. The second-order valence-corrected chi connectivity index (χ2v) is 4.01. The van der Waals surface area contributed by atoms with Gasteiger partial charge in [-0.1, -0.05) is 29.8 Å². The summed E-state index contributed by atoms with van der Waals surface area (Å²) in [5.41, 5.74) is 2.91.